The van der Waals surface area contributed by atoms with Crippen LogP contribution in [0.25, 0.3) is 10.4 Å². The molecule has 9 heteroatoms. The summed E-state index contributed by atoms with van der Waals surface area (Å²) < 4.78 is 11.5. The Labute approximate surface area is 125 Å². The van der Waals surface area contributed by atoms with Crippen molar-refractivity contribution in [1.29, 1.82) is 0 Å². The molecule has 0 amide bonds. The van der Waals surface area contributed by atoms with Crippen molar-refractivity contribution in [2.24, 2.45) is 5.11 Å². The highest BCUT2D eigenvalue weighted by atomic mass is 28.4. The predicted octanol–water partition coefficient (Wildman–Crippen LogP) is 1.13. The van der Waals surface area contributed by atoms with Crippen molar-refractivity contribution < 1.29 is 24.5 Å². The lowest BCUT2D eigenvalue weighted by Gasteiger charge is -2.45. The van der Waals surface area contributed by atoms with Crippen LogP contribution < -0.4 is 0 Å². The Bertz CT molecular complexity index is 408. The van der Waals surface area contributed by atoms with Gasteiger partial charge >= 0.3 is 0 Å². The fraction of sp³-hybridized carbons (Fsp3) is 1.00. The molecular formula is C12H25N3O5Si. The van der Waals surface area contributed by atoms with Gasteiger partial charge in [0.15, 0.2) is 14.6 Å². The molecule has 1 aliphatic rings. The highest BCUT2D eigenvalue weighted by Gasteiger charge is 2.48. The quantitative estimate of drug-likeness (QED) is 0.310. The zero-order chi connectivity index (χ0) is 16.4. The van der Waals surface area contributed by atoms with E-state index in [2.05, 4.69) is 10.0 Å². The molecule has 0 aromatic carbocycles. The lowest BCUT2D eigenvalue weighted by Crippen LogP contribution is -2.61. The molecule has 0 spiro atoms. The van der Waals surface area contributed by atoms with Gasteiger partial charge in [0.1, 0.15) is 18.2 Å². The minimum absolute atomic E-state index is 0.104. The molecule has 3 N–H and O–H groups in total. The Morgan fingerprint density at radius 1 is 1.29 bits per heavy atom. The summed E-state index contributed by atoms with van der Waals surface area (Å²) in [5.74, 6) is 0. The standard InChI is InChI=1S/C12H25N3O5Si/c1-12(2,3)21(4,5)20-11-8(14-15-13)10(18)9(17)7(6-16)19-11/h7-11,16-18H,6H2,1-5H3. The van der Waals surface area contributed by atoms with Crippen molar-refractivity contribution in [1.82, 2.24) is 0 Å². The fourth-order valence-electron chi connectivity index (χ4n) is 1.81. The van der Waals surface area contributed by atoms with E-state index in [1.807, 2.05) is 33.9 Å². The van der Waals surface area contributed by atoms with E-state index in [0.717, 1.165) is 0 Å². The smallest absolute Gasteiger partial charge is 0.195 e. The third-order valence-corrected chi connectivity index (χ3v) is 8.68. The average Bonchev–Trinajstić information content (AvgIpc) is 2.36. The van der Waals surface area contributed by atoms with Crippen LogP contribution in [0.4, 0.5) is 0 Å². The third kappa shape index (κ3) is 3.95. The van der Waals surface area contributed by atoms with E-state index in [1.165, 1.54) is 0 Å². The van der Waals surface area contributed by atoms with Gasteiger partial charge in [0.05, 0.1) is 12.7 Å². The number of nitrogens with zero attached hydrogens (tertiary/aromatic N) is 3. The summed E-state index contributed by atoms with van der Waals surface area (Å²) >= 11 is 0. The fourth-order valence-corrected chi connectivity index (χ4v) is 2.94. The molecule has 1 rings (SSSR count). The summed E-state index contributed by atoms with van der Waals surface area (Å²) in [5.41, 5.74) is 8.64. The number of rotatable bonds is 4. The first kappa shape index (κ1) is 18.4. The van der Waals surface area contributed by atoms with E-state index in [-0.39, 0.29) is 5.04 Å². The summed E-state index contributed by atoms with van der Waals surface area (Å²) in [5, 5.41) is 32.5. The van der Waals surface area contributed by atoms with Crippen molar-refractivity contribution in [3.05, 3.63) is 10.4 Å². The first-order valence-corrected chi connectivity index (χ1v) is 9.80. The van der Waals surface area contributed by atoms with Crippen LogP contribution >= 0.6 is 0 Å². The highest BCUT2D eigenvalue weighted by Crippen LogP contribution is 2.39. The van der Waals surface area contributed by atoms with Gasteiger partial charge < -0.3 is 24.5 Å². The van der Waals surface area contributed by atoms with Crippen LogP contribution in [0, 0.1) is 0 Å². The van der Waals surface area contributed by atoms with Crippen molar-refractivity contribution in [3.8, 4) is 0 Å². The molecule has 0 bridgehead atoms. The Morgan fingerprint density at radius 2 is 1.86 bits per heavy atom. The second-order valence-electron chi connectivity index (χ2n) is 6.78. The number of hydrogen-bond acceptors (Lipinski definition) is 6. The molecule has 1 fully saturated rings. The Hall–Kier alpha value is -0.673. The predicted molar refractivity (Wildman–Crippen MR) is 79.0 cm³/mol. The molecule has 122 valence electrons. The molecule has 0 aromatic rings. The maximum absolute atomic E-state index is 10.1. The molecule has 21 heavy (non-hydrogen) atoms. The van der Waals surface area contributed by atoms with Gasteiger partial charge in [-0.25, -0.2) is 0 Å². The van der Waals surface area contributed by atoms with Crippen LogP contribution in [0.1, 0.15) is 20.8 Å². The van der Waals surface area contributed by atoms with Gasteiger partial charge in [-0.2, -0.15) is 0 Å². The Kier molecular flexibility index (Phi) is 5.79. The summed E-state index contributed by atoms with van der Waals surface area (Å²) in [4.78, 5) is 2.68. The van der Waals surface area contributed by atoms with Gasteiger partial charge in [-0.3, -0.25) is 0 Å². The minimum atomic E-state index is -2.24. The van der Waals surface area contributed by atoms with Gasteiger partial charge in [0.25, 0.3) is 0 Å². The highest BCUT2D eigenvalue weighted by molar-refractivity contribution is 6.74. The van der Waals surface area contributed by atoms with Gasteiger partial charge in [0.2, 0.25) is 0 Å². The number of hydrogen-bond donors (Lipinski definition) is 3. The van der Waals surface area contributed by atoms with Crippen LogP contribution in [-0.4, -0.2) is 60.9 Å². The van der Waals surface area contributed by atoms with Crippen LogP contribution in [0.2, 0.25) is 18.1 Å². The van der Waals surface area contributed by atoms with Gasteiger partial charge in [-0.05, 0) is 23.7 Å². The SMILES string of the molecule is CC(C)(C)[Si](C)(C)OC1OC(CO)C(O)C(O)C1N=[N+]=[N-]. The van der Waals surface area contributed by atoms with Gasteiger partial charge in [0, 0.05) is 4.91 Å². The van der Waals surface area contributed by atoms with E-state index in [9.17, 15) is 15.3 Å². The summed E-state index contributed by atoms with van der Waals surface area (Å²) in [6.45, 7) is 9.65. The van der Waals surface area contributed by atoms with Crippen molar-refractivity contribution in [2.45, 2.75) is 69.5 Å². The molecule has 0 aliphatic carbocycles. The van der Waals surface area contributed by atoms with E-state index in [1.54, 1.807) is 0 Å². The topological polar surface area (TPSA) is 128 Å². The average molecular weight is 319 g/mol. The maximum atomic E-state index is 10.1. The monoisotopic (exact) mass is 319 g/mol. The van der Waals surface area contributed by atoms with Crippen LogP contribution in [0.5, 0.6) is 0 Å². The zero-order valence-corrected chi connectivity index (χ0v) is 14.1. The van der Waals surface area contributed by atoms with Crippen molar-refractivity contribution >= 4 is 8.32 Å². The normalized spacial score (nSPS) is 34.4. The lowest BCUT2D eigenvalue weighted by molar-refractivity contribution is -0.242. The van der Waals surface area contributed by atoms with E-state index in [0.29, 0.717) is 0 Å². The van der Waals surface area contributed by atoms with Crippen molar-refractivity contribution in [3.63, 3.8) is 0 Å². The molecule has 0 saturated carbocycles. The van der Waals surface area contributed by atoms with Gasteiger partial charge in [-0.1, -0.05) is 25.9 Å². The molecule has 1 saturated heterocycles. The molecule has 1 heterocycles. The first-order chi connectivity index (χ1) is 9.55. The van der Waals surface area contributed by atoms with Gasteiger partial charge in [-0.15, -0.1) is 0 Å². The van der Waals surface area contributed by atoms with Crippen LogP contribution in [-0.2, 0) is 9.16 Å². The van der Waals surface area contributed by atoms with E-state index >= 15 is 0 Å². The molecular weight excluding hydrogens is 294 g/mol. The molecule has 5 atom stereocenters. The minimum Gasteiger partial charge on any atom is -0.394 e. The second kappa shape index (κ2) is 6.61. The molecule has 1 aliphatic heterocycles. The number of azide groups is 1. The number of aliphatic hydroxyl groups is 3. The van der Waals surface area contributed by atoms with Crippen LogP contribution in [0.15, 0.2) is 5.11 Å². The van der Waals surface area contributed by atoms with E-state index < -0.39 is 45.6 Å². The molecule has 8 nitrogen and oxygen atoms in total. The second-order valence-corrected chi connectivity index (χ2v) is 11.5. The Morgan fingerprint density at radius 3 is 2.29 bits per heavy atom. The summed E-state index contributed by atoms with van der Waals surface area (Å²) in [6.07, 6.45) is -4.64. The van der Waals surface area contributed by atoms with Crippen molar-refractivity contribution in [2.75, 3.05) is 6.61 Å². The maximum Gasteiger partial charge on any atom is 0.195 e. The molecule has 0 radical (unpaired) electrons. The molecule has 0 aromatic heterocycles. The van der Waals surface area contributed by atoms with Crippen LogP contribution in [0.3, 0.4) is 0 Å². The summed E-state index contributed by atoms with van der Waals surface area (Å²) in [7, 11) is -2.24. The summed E-state index contributed by atoms with van der Waals surface area (Å²) in [6, 6.07) is -1.05. The lowest BCUT2D eigenvalue weighted by atomic mass is 9.98. The zero-order valence-electron chi connectivity index (χ0n) is 13.1. The van der Waals surface area contributed by atoms with E-state index in [4.69, 9.17) is 14.7 Å². The Balaban J connectivity index is 3.03. The molecule has 5 unspecified atom stereocenters. The first-order valence-electron chi connectivity index (χ1n) is 6.89. The largest absolute Gasteiger partial charge is 0.394 e. The number of aliphatic hydroxyl groups excluding tert-OH is 3. The third-order valence-electron chi connectivity index (χ3n) is 4.25. The number of ether oxygens (including phenoxy) is 1.